The molecule has 1 amide bonds. The number of carbonyl (C=O) groups excluding carboxylic acids is 1. The number of rotatable bonds is 4. The SMILES string of the molecule is Cc1cccc(-c2nc(CNC(=O)C3CCC3)cs2)c1. The molecule has 2 aromatic rings. The van der Waals surface area contributed by atoms with Gasteiger partial charge < -0.3 is 5.32 Å². The highest BCUT2D eigenvalue weighted by Gasteiger charge is 2.24. The molecule has 1 N–H and O–H groups in total. The Morgan fingerprint density at radius 3 is 3.00 bits per heavy atom. The quantitative estimate of drug-likeness (QED) is 0.934. The van der Waals surface area contributed by atoms with Gasteiger partial charge in [-0.15, -0.1) is 11.3 Å². The smallest absolute Gasteiger partial charge is 0.223 e. The van der Waals surface area contributed by atoms with Crippen LogP contribution in [0.5, 0.6) is 0 Å². The lowest BCUT2D eigenvalue weighted by Crippen LogP contribution is -2.34. The fourth-order valence-corrected chi connectivity index (χ4v) is 3.11. The lowest BCUT2D eigenvalue weighted by molar-refractivity contribution is -0.127. The van der Waals surface area contributed by atoms with E-state index in [0.717, 1.165) is 29.1 Å². The normalized spacial score (nSPS) is 14.8. The van der Waals surface area contributed by atoms with E-state index in [0.29, 0.717) is 6.54 Å². The number of aromatic nitrogens is 1. The molecule has 1 saturated carbocycles. The number of nitrogens with one attached hydrogen (secondary N) is 1. The number of carbonyl (C=O) groups is 1. The molecule has 0 bridgehead atoms. The van der Waals surface area contributed by atoms with Crippen molar-refractivity contribution in [2.45, 2.75) is 32.7 Å². The van der Waals surface area contributed by atoms with E-state index in [-0.39, 0.29) is 11.8 Å². The van der Waals surface area contributed by atoms with Gasteiger partial charge >= 0.3 is 0 Å². The molecule has 1 aliphatic carbocycles. The summed E-state index contributed by atoms with van der Waals surface area (Å²) in [6.07, 6.45) is 3.27. The van der Waals surface area contributed by atoms with Crippen LogP contribution in [0.3, 0.4) is 0 Å². The van der Waals surface area contributed by atoms with Crippen LogP contribution < -0.4 is 5.32 Å². The van der Waals surface area contributed by atoms with E-state index in [9.17, 15) is 4.79 Å². The predicted octanol–water partition coefficient (Wildman–Crippen LogP) is 3.53. The van der Waals surface area contributed by atoms with Crippen molar-refractivity contribution >= 4 is 17.2 Å². The minimum atomic E-state index is 0.182. The largest absolute Gasteiger partial charge is 0.350 e. The molecular formula is C16H18N2OS. The number of benzene rings is 1. The average molecular weight is 286 g/mol. The van der Waals surface area contributed by atoms with Crippen LogP contribution in [0.4, 0.5) is 0 Å². The van der Waals surface area contributed by atoms with E-state index < -0.39 is 0 Å². The zero-order chi connectivity index (χ0) is 13.9. The monoisotopic (exact) mass is 286 g/mol. The Bertz CT molecular complexity index is 616. The topological polar surface area (TPSA) is 42.0 Å². The van der Waals surface area contributed by atoms with Gasteiger partial charge in [0.25, 0.3) is 0 Å². The molecule has 1 aromatic heterocycles. The van der Waals surface area contributed by atoms with Crippen molar-refractivity contribution in [2.75, 3.05) is 0 Å². The van der Waals surface area contributed by atoms with E-state index in [1.165, 1.54) is 12.0 Å². The Balaban J connectivity index is 1.63. The lowest BCUT2D eigenvalue weighted by Gasteiger charge is -2.23. The third kappa shape index (κ3) is 2.90. The number of amides is 1. The van der Waals surface area contributed by atoms with Gasteiger partial charge in [0.2, 0.25) is 5.91 Å². The summed E-state index contributed by atoms with van der Waals surface area (Å²) in [5.41, 5.74) is 3.32. The van der Waals surface area contributed by atoms with Gasteiger partial charge in [-0.2, -0.15) is 0 Å². The van der Waals surface area contributed by atoms with E-state index in [1.807, 2.05) is 11.4 Å². The number of hydrogen-bond acceptors (Lipinski definition) is 3. The number of thiazole rings is 1. The Hall–Kier alpha value is -1.68. The van der Waals surface area contributed by atoms with Crippen LogP contribution in [-0.4, -0.2) is 10.9 Å². The highest BCUT2D eigenvalue weighted by atomic mass is 32.1. The third-order valence-corrected chi connectivity index (χ3v) is 4.68. The molecule has 1 aliphatic rings. The Labute approximate surface area is 123 Å². The van der Waals surface area contributed by atoms with Gasteiger partial charge in [-0.1, -0.05) is 30.2 Å². The first-order valence-electron chi connectivity index (χ1n) is 7.01. The minimum absolute atomic E-state index is 0.182. The number of hydrogen-bond donors (Lipinski definition) is 1. The van der Waals surface area contributed by atoms with Crippen LogP contribution in [0, 0.1) is 12.8 Å². The molecule has 4 heteroatoms. The molecule has 0 unspecified atom stereocenters. The summed E-state index contributed by atoms with van der Waals surface area (Å²) >= 11 is 1.63. The molecular weight excluding hydrogens is 268 g/mol. The van der Waals surface area contributed by atoms with Crippen LogP contribution in [0.2, 0.25) is 0 Å². The summed E-state index contributed by atoms with van der Waals surface area (Å²) in [7, 11) is 0. The summed E-state index contributed by atoms with van der Waals surface area (Å²) < 4.78 is 0. The first-order chi connectivity index (χ1) is 9.72. The molecule has 20 heavy (non-hydrogen) atoms. The zero-order valence-corrected chi connectivity index (χ0v) is 12.4. The van der Waals surface area contributed by atoms with Crippen molar-refractivity contribution in [2.24, 2.45) is 5.92 Å². The van der Waals surface area contributed by atoms with E-state index in [1.54, 1.807) is 11.3 Å². The Morgan fingerprint density at radius 2 is 2.30 bits per heavy atom. The van der Waals surface area contributed by atoms with Gasteiger partial charge in [0.05, 0.1) is 12.2 Å². The van der Waals surface area contributed by atoms with Crippen LogP contribution in [0.1, 0.15) is 30.5 Å². The van der Waals surface area contributed by atoms with Gasteiger partial charge in [-0.25, -0.2) is 4.98 Å². The second kappa shape index (κ2) is 5.75. The number of aryl methyl sites for hydroxylation is 1. The Kier molecular flexibility index (Phi) is 3.83. The molecule has 0 saturated heterocycles. The second-order valence-corrected chi connectivity index (χ2v) is 6.22. The molecule has 104 valence electrons. The molecule has 1 heterocycles. The van der Waals surface area contributed by atoms with Crippen LogP contribution in [0.15, 0.2) is 29.6 Å². The van der Waals surface area contributed by atoms with E-state index >= 15 is 0 Å². The Morgan fingerprint density at radius 1 is 1.45 bits per heavy atom. The van der Waals surface area contributed by atoms with Crippen molar-refractivity contribution in [1.82, 2.24) is 10.3 Å². The maximum Gasteiger partial charge on any atom is 0.223 e. The molecule has 3 rings (SSSR count). The van der Waals surface area contributed by atoms with Gasteiger partial charge in [0.15, 0.2) is 0 Å². The minimum Gasteiger partial charge on any atom is -0.350 e. The van der Waals surface area contributed by atoms with Crippen molar-refractivity contribution in [1.29, 1.82) is 0 Å². The summed E-state index contributed by atoms with van der Waals surface area (Å²) in [6.45, 7) is 2.62. The van der Waals surface area contributed by atoms with Crippen LogP contribution >= 0.6 is 11.3 Å². The number of nitrogens with zero attached hydrogens (tertiary/aromatic N) is 1. The van der Waals surface area contributed by atoms with Crippen LogP contribution in [-0.2, 0) is 11.3 Å². The molecule has 0 aliphatic heterocycles. The van der Waals surface area contributed by atoms with Crippen molar-refractivity contribution < 1.29 is 4.79 Å². The highest BCUT2D eigenvalue weighted by molar-refractivity contribution is 7.13. The van der Waals surface area contributed by atoms with Gasteiger partial charge in [-0.3, -0.25) is 4.79 Å². The average Bonchev–Trinajstić information content (AvgIpc) is 2.83. The summed E-state index contributed by atoms with van der Waals surface area (Å²) in [6, 6.07) is 8.33. The first-order valence-corrected chi connectivity index (χ1v) is 7.89. The molecule has 0 spiro atoms. The molecule has 0 atom stereocenters. The van der Waals surface area contributed by atoms with Gasteiger partial charge in [0, 0.05) is 16.9 Å². The summed E-state index contributed by atoms with van der Waals surface area (Å²) in [4.78, 5) is 16.4. The molecule has 1 fully saturated rings. The van der Waals surface area contributed by atoms with Gasteiger partial charge in [-0.05, 0) is 25.8 Å². The van der Waals surface area contributed by atoms with E-state index in [2.05, 4.69) is 35.4 Å². The maximum absolute atomic E-state index is 11.8. The zero-order valence-electron chi connectivity index (χ0n) is 11.6. The van der Waals surface area contributed by atoms with Crippen LogP contribution in [0.25, 0.3) is 10.6 Å². The third-order valence-electron chi connectivity index (χ3n) is 3.74. The standard InChI is InChI=1S/C16H18N2OS/c1-11-4-2-7-13(8-11)16-18-14(10-20-16)9-17-15(19)12-5-3-6-12/h2,4,7-8,10,12H,3,5-6,9H2,1H3,(H,17,19). The first kappa shape index (κ1) is 13.3. The lowest BCUT2D eigenvalue weighted by atomic mass is 9.85. The maximum atomic E-state index is 11.8. The molecule has 0 radical (unpaired) electrons. The van der Waals surface area contributed by atoms with Crippen molar-refractivity contribution in [3.8, 4) is 10.6 Å². The second-order valence-electron chi connectivity index (χ2n) is 5.36. The van der Waals surface area contributed by atoms with E-state index in [4.69, 9.17) is 0 Å². The van der Waals surface area contributed by atoms with Crippen molar-refractivity contribution in [3.05, 3.63) is 40.9 Å². The summed E-state index contributed by atoms with van der Waals surface area (Å²) in [5.74, 6) is 0.422. The predicted molar refractivity (Wildman–Crippen MR) is 81.5 cm³/mol. The fraction of sp³-hybridized carbons (Fsp3) is 0.375. The molecule has 3 nitrogen and oxygen atoms in total. The molecule has 1 aromatic carbocycles. The van der Waals surface area contributed by atoms with Gasteiger partial charge in [0.1, 0.15) is 5.01 Å². The fourth-order valence-electron chi connectivity index (χ4n) is 2.29. The van der Waals surface area contributed by atoms with Crippen molar-refractivity contribution in [3.63, 3.8) is 0 Å². The highest BCUT2D eigenvalue weighted by Crippen LogP contribution is 2.27. The summed E-state index contributed by atoms with van der Waals surface area (Å²) in [5, 5.41) is 6.02.